The first-order valence-corrected chi connectivity index (χ1v) is 3.99. The Labute approximate surface area is 77.1 Å². The molecule has 0 aliphatic rings. The van der Waals surface area contributed by atoms with Gasteiger partial charge in [0.15, 0.2) is 0 Å². The summed E-state index contributed by atoms with van der Waals surface area (Å²) >= 11 is 0. The largest absolute Gasteiger partial charge is 0.496 e. The summed E-state index contributed by atoms with van der Waals surface area (Å²) in [5, 5.41) is 8.87. The lowest BCUT2D eigenvalue weighted by Crippen LogP contribution is -2.15. The standard InChI is InChI=1S/C9H14N2O2/c1-13-9-4-6(10)2-3-7(9)8(11)5-12/h2-4,8,12H,5,10-11H2,1H3. The second-order valence-corrected chi connectivity index (χ2v) is 2.79. The molecule has 0 heterocycles. The molecule has 13 heavy (non-hydrogen) atoms. The molecule has 1 aromatic carbocycles. The summed E-state index contributed by atoms with van der Waals surface area (Å²) in [7, 11) is 1.54. The molecule has 1 unspecified atom stereocenters. The maximum absolute atomic E-state index is 8.87. The molecule has 72 valence electrons. The van der Waals surface area contributed by atoms with Crippen LogP contribution in [0.3, 0.4) is 0 Å². The maximum atomic E-state index is 8.87. The number of nitrogen functional groups attached to an aromatic ring is 1. The van der Waals surface area contributed by atoms with Crippen molar-refractivity contribution in [2.45, 2.75) is 6.04 Å². The topological polar surface area (TPSA) is 81.5 Å². The fourth-order valence-electron chi connectivity index (χ4n) is 1.13. The van der Waals surface area contributed by atoms with Crippen LogP contribution in [0.25, 0.3) is 0 Å². The molecule has 0 amide bonds. The van der Waals surface area contributed by atoms with Gasteiger partial charge in [-0.2, -0.15) is 0 Å². The van der Waals surface area contributed by atoms with Crippen LogP contribution < -0.4 is 16.2 Å². The Morgan fingerprint density at radius 3 is 2.77 bits per heavy atom. The summed E-state index contributed by atoms with van der Waals surface area (Å²) in [6, 6.07) is 4.75. The van der Waals surface area contributed by atoms with Gasteiger partial charge in [-0.3, -0.25) is 0 Å². The predicted molar refractivity (Wildman–Crippen MR) is 51.4 cm³/mol. The number of methoxy groups -OCH3 is 1. The quantitative estimate of drug-likeness (QED) is 0.586. The second kappa shape index (κ2) is 4.11. The van der Waals surface area contributed by atoms with Gasteiger partial charge in [0.2, 0.25) is 0 Å². The highest BCUT2D eigenvalue weighted by atomic mass is 16.5. The van der Waals surface area contributed by atoms with E-state index in [0.717, 1.165) is 5.56 Å². The van der Waals surface area contributed by atoms with Crippen LogP contribution in [-0.4, -0.2) is 18.8 Å². The zero-order valence-corrected chi connectivity index (χ0v) is 7.53. The number of aliphatic hydroxyl groups excluding tert-OH is 1. The van der Waals surface area contributed by atoms with Crippen molar-refractivity contribution in [2.24, 2.45) is 5.73 Å². The highest BCUT2D eigenvalue weighted by Gasteiger charge is 2.10. The zero-order chi connectivity index (χ0) is 9.84. The maximum Gasteiger partial charge on any atom is 0.125 e. The van der Waals surface area contributed by atoms with Gasteiger partial charge in [0.1, 0.15) is 5.75 Å². The molecule has 0 aliphatic heterocycles. The molecule has 0 saturated carbocycles. The molecule has 0 bridgehead atoms. The van der Waals surface area contributed by atoms with Crippen molar-refractivity contribution >= 4 is 5.69 Å². The number of hydrogen-bond acceptors (Lipinski definition) is 4. The SMILES string of the molecule is COc1cc(N)ccc1C(N)CO. The number of benzene rings is 1. The summed E-state index contributed by atoms with van der Waals surface area (Å²) in [6.45, 7) is -0.111. The average Bonchev–Trinajstić information content (AvgIpc) is 2.16. The first-order chi connectivity index (χ1) is 6.19. The normalized spacial score (nSPS) is 12.5. The highest BCUT2D eigenvalue weighted by Crippen LogP contribution is 2.25. The first kappa shape index (κ1) is 9.83. The first-order valence-electron chi connectivity index (χ1n) is 3.99. The third-order valence-electron chi connectivity index (χ3n) is 1.85. The van der Waals surface area contributed by atoms with Crippen LogP contribution >= 0.6 is 0 Å². The summed E-state index contributed by atoms with van der Waals surface area (Å²) in [5.74, 6) is 0.613. The van der Waals surface area contributed by atoms with Crippen LogP contribution in [0.1, 0.15) is 11.6 Å². The Morgan fingerprint density at radius 2 is 2.23 bits per heavy atom. The van der Waals surface area contributed by atoms with E-state index in [1.807, 2.05) is 0 Å². The Kier molecular flexibility index (Phi) is 3.11. The smallest absolute Gasteiger partial charge is 0.125 e. The third kappa shape index (κ3) is 2.11. The molecule has 0 fully saturated rings. The lowest BCUT2D eigenvalue weighted by atomic mass is 10.1. The minimum atomic E-state index is -0.421. The van der Waals surface area contributed by atoms with E-state index in [1.54, 1.807) is 25.3 Å². The van der Waals surface area contributed by atoms with Crippen molar-refractivity contribution in [2.75, 3.05) is 19.5 Å². The predicted octanol–water partition coefficient (Wildman–Crippen LogP) is 0.270. The molecule has 0 spiro atoms. The third-order valence-corrected chi connectivity index (χ3v) is 1.85. The number of rotatable bonds is 3. The van der Waals surface area contributed by atoms with Gasteiger partial charge in [0.05, 0.1) is 19.8 Å². The van der Waals surface area contributed by atoms with Crippen LogP contribution in [0.5, 0.6) is 5.75 Å². The van der Waals surface area contributed by atoms with Gasteiger partial charge < -0.3 is 21.3 Å². The van der Waals surface area contributed by atoms with E-state index < -0.39 is 6.04 Å². The van der Waals surface area contributed by atoms with E-state index in [9.17, 15) is 0 Å². The zero-order valence-electron chi connectivity index (χ0n) is 7.53. The summed E-state index contributed by atoms with van der Waals surface area (Å²) in [6.07, 6.45) is 0. The van der Waals surface area contributed by atoms with E-state index in [0.29, 0.717) is 11.4 Å². The molecule has 1 atom stereocenters. The number of hydrogen-bond donors (Lipinski definition) is 3. The summed E-state index contributed by atoms with van der Waals surface area (Å²) < 4.78 is 5.08. The van der Waals surface area contributed by atoms with Crippen LogP contribution in [0, 0.1) is 0 Å². The molecule has 1 aromatic rings. The molecular weight excluding hydrogens is 168 g/mol. The monoisotopic (exact) mass is 182 g/mol. The highest BCUT2D eigenvalue weighted by molar-refractivity contribution is 5.49. The molecule has 0 aliphatic carbocycles. The van der Waals surface area contributed by atoms with Crippen LogP contribution in [0.2, 0.25) is 0 Å². The fourth-order valence-corrected chi connectivity index (χ4v) is 1.13. The van der Waals surface area contributed by atoms with E-state index in [1.165, 1.54) is 0 Å². The summed E-state index contributed by atoms with van der Waals surface area (Å²) in [5.41, 5.74) is 12.6. The van der Waals surface area contributed by atoms with Crippen LogP contribution in [-0.2, 0) is 0 Å². The molecule has 5 N–H and O–H groups in total. The van der Waals surface area contributed by atoms with Gasteiger partial charge in [-0.15, -0.1) is 0 Å². The number of aliphatic hydroxyl groups is 1. The van der Waals surface area contributed by atoms with Crippen molar-refractivity contribution in [3.05, 3.63) is 23.8 Å². The van der Waals surface area contributed by atoms with Crippen molar-refractivity contribution in [1.82, 2.24) is 0 Å². The molecule has 1 rings (SSSR count). The van der Waals surface area contributed by atoms with Gasteiger partial charge in [-0.05, 0) is 6.07 Å². The van der Waals surface area contributed by atoms with Crippen LogP contribution in [0.4, 0.5) is 5.69 Å². The Hall–Kier alpha value is -1.26. The van der Waals surface area contributed by atoms with Crippen molar-refractivity contribution < 1.29 is 9.84 Å². The average molecular weight is 182 g/mol. The minimum absolute atomic E-state index is 0.111. The van der Waals surface area contributed by atoms with E-state index in [2.05, 4.69) is 0 Å². The molecule has 0 saturated heterocycles. The van der Waals surface area contributed by atoms with E-state index in [-0.39, 0.29) is 6.61 Å². The molecule has 4 nitrogen and oxygen atoms in total. The van der Waals surface area contributed by atoms with Crippen LogP contribution in [0.15, 0.2) is 18.2 Å². The molecule has 4 heteroatoms. The minimum Gasteiger partial charge on any atom is -0.496 e. The van der Waals surface area contributed by atoms with Crippen molar-refractivity contribution in [1.29, 1.82) is 0 Å². The molecule has 0 aromatic heterocycles. The lowest BCUT2D eigenvalue weighted by molar-refractivity contribution is 0.264. The van der Waals surface area contributed by atoms with E-state index >= 15 is 0 Å². The fraction of sp³-hybridized carbons (Fsp3) is 0.333. The molecule has 0 radical (unpaired) electrons. The Balaban J connectivity index is 3.05. The lowest BCUT2D eigenvalue weighted by Gasteiger charge is -2.13. The number of nitrogens with two attached hydrogens (primary N) is 2. The Morgan fingerprint density at radius 1 is 1.54 bits per heavy atom. The van der Waals surface area contributed by atoms with Crippen molar-refractivity contribution in [3.63, 3.8) is 0 Å². The van der Waals surface area contributed by atoms with Gasteiger partial charge in [0.25, 0.3) is 0 Å². The number of anilines is 1. The van der Waals surface area contributed by atoms with Gasteiger partial charge in [0, 0.05) is 17.3 Å². The van der Waals surface area contributed by atoms with Crippen molar-refractivity contribution in [3.8, 4) is 5.75 Å². The second-order valence-electron chi connectivity index (χ2n) is 2.79. The van der Waals surface area contributed by atoms with Gasteiger partial charge >= 0.3 is 0 Å². The molecular formula is C9H14N2O2. The van der Waals surface area contributed by atoms with Gasteiger partial charge in [-0.25, -0.2) is 0 Å². The Bertz CT molecular complexity index is 289. The summed E-state index contributed by atoms with van der Waals surface area (Å²) in [4.78, 5) is 0. The number of ether oxygens (including phenoxy) is 1. The van der Waals surface area contributed by atoms with Gasteiger partial charge in [-0.1, -0.05) is 6.07 Å². The van der Waals surface area contributed by atoms with E-state index in [4.69, 9.17) is 21.3 Å².